The summed E-state index contributed by atoms with van der Waals surface area (Å²) < 4.78 is 9.90. The van der Waals surface area contributed by atoms with Gasteiger partial charge in [-0.3, -0.25) is 4.79 Å². The molecule has 26 heavy (non-hydrogen) atoms. The van der Waals surface area contributed by atoms with Gasteiger partial charge in [-0.1, -0.05) is 38.2 Å². The monoisotopic (exact) mass is 354 g/mol. The van der Waals surface area contributed by atoms with Crippen LogP contribution < -0.4 is 4.74 Å². The summed E-state index contributed by atoms with van der Waals surface area (Å²) in [5.41, 5.74) is 0.737. The van der Waals surface area contributed by atoms with Crippen molar-refractivity contribution in [1.82, 2.24) is 0 Å². The molecule has 4 heteroatoms. The van der Waals surface area contributed by atoms with Gasteiger partial charge in [0.25, 0.3) is 0 Å². The summed E-state index contributed by atoms with van der Waals surface area (Å²) in [6.45, 7) is 7.60. The number of rotatable bonds is 9. The van der Waals surface area contributed by atoms with E-state index in [0.717, 1.165) is 5.75 Å². The highest BCUT2D eigenvalue weighted by Crippen LogP contribution is 2.28. The van der Waals surface area contributed by atoms with E-state index in [1.165, 1.54) is 19.4 Å². The summed E-state index contributed by atoms with van der Waals surface area (Å²) in [5.74, 6) is 0.677. The SMILES string of the molecule is C=CC(C)(C)/C(=C/C=C\C=C(\O)c1ccc(OC)cc1)C(=O)/C=C/OC. The Morgan fingerprint density at radius 3 is 2.27 bits per heavy atom. The first kappa shape index (κ1) is 21.0. The van der Waals surface area contributed by atoms with Gasteiger partial charge >= 0.3 is 0 Å². The average molecular weight is 354 g/mol. The highest BCUT2D eigenvalue weighted by atomic mass is 16.5. The molecule has 0 aliphatic heterocycles. The van der Waals surface area contributed by atoms with Gasteiger partial charge in [-0.25, -0.2) is 0 Å². The van der Waals surface area contributed by atoms with E-state index in [0.29, 0.717) is 11.1 Å². The second-order valence-corrected chi connectivity index (χ2v) is 6.07. The minimum atomic E-state index is -0.499. The number of methoxy groups -OCH3 is 2. The lowest BCUT2D eigenvalue weighted by Gasteiger charge is -2.21. The minimum Gasteiger partial charge on any atom is -0.507 e. The molecule has 0 saturated carbocycles. The van der Waals surface area contributed by atoms with Crippen LogP contribution in [0.5, 0.6) is 5.75 Å². The Labute approximate surface area is 155 Å². The maximum Gasteiger partial charge on any atom is 0.185 e. The standard InChI is InChI=1S/C22H26O4/c1-6-22(2,3)19(21(24)15-16-25-4)9-7-8-10-20(23)17-11-13-18(26-5)14-12-17/h6-16,23H,1H2,2-5H3/b8-7-,16-15+,19-9+,20-10+. The number of carbonyl (C=O) groups is 1. The van der Waals surface area contributed by atoms with Gasteiger partial charge < -0.3 is 14.6 Å². The quantitative estimate of drug-likeness (QED) is 0.293. The molecule has 0 heterocycles. The number of ketones is 1. The van der Waals surface area contributed by atoms with Crippen molar-refractivity contribution < 1.29 is 19.4 Å². The van der Waals surface area contributed by atoms with Crippen LogP contribution in [0.25, 0.3) is 5.76 Å². The van der Waals surface area contributed by atoms with Crippen molar-refractivity contribution in [3.63, 3.8) is 0 Å². The first-order valence-electron chi connectivity index (χ1n) is 8.15. The zero-order valence-corrected chi connectivity index (χ0v) is 15.7. The molecule has 0 fully saturated rings. The van der Waals surface area contributed by atoms with Gasteiger partial charge in [0.2, 0.25) is 0 Å². The molecular weight excluding hydrogens is 328 g/mol. The van der Waals surface area contributed by atoms with E-state index < -0.39 is 5.41 Å². The average Bonchev–Trinajstić information content (AvgIpc) is 2.65. The first-order chi connectivity index (χ1) is 12.4. The molecule has 0 radical (unpaired) electrons. The zero-order chi connectivity index (χ0) is 19.6. The van der Waals surface area contributed by atoms with Crippen LogP contribution in [-0.2, 0) is 9.53 Å². The van der Waals surface area contributed by atoms with Gasteiger partial charge in [-0.15, -0.1) is 6.58 Å². The van der Waals surface area contributed by atoms with Crippen LogP contribution in [0.2, 0.25) is 0 Å². The van der Waals surface area contributed by atoms with E-state index in [-0.39, 0.29) is 11.5 Å². The van der Waals surface area contributed by atoms with Crippen LogP contribution in [0.15, 0.2) is 79.1 Å². The molecule has 0 aliphatic rings. The van der Waals surface area contributed by atoms with Crippen LogP contribution in [-0.4, -0.2) is 25.1 Å². The number of ether oxygens (including phenoxy) is 2. The molecule has 1 aromatic carbocycles. The second-order valence-electron chi connectivity index (χ2n) is 6.07. The molecule has 1 aromatic rings. The van der Waals surface area contributed by atoms with Crippen LogP contribution in [0.1, 0.15) is 19.4 Å². The third-order valence-corrected chi connectivity index (χ3v) is 3.84. The molecule has 0 amide bonds. The molecule has 0 unspecified atom stereocenters. The molecule has 0 atom stereocenters. The molecule has 1 rings (SSSR count). The fourth-order valence-corrected chi connectivity index (χ4v) is 2.10. The van der Waals surface area contributed by atoms with Gasteiger partial charge in [-0.05, 0) is 30.3 Å². The predicted molar refractivity (Wildman–Crippen MR) is 106 cm³/mol. The number of hydrogen-bond acceptors (Lipinski definition) is 4. The van der Waals surface area contributed by atoms with Gasteiger partial charge in [0.1, 0.15) is 11.5 Å². The van der Waals surface area contributed by atoms with Crippen molar-refractivity contribution in [2.45, 2.75) is 13.8 Å². The number of aliphatic hydroxyl groups excluding tert-OH is 1. The summed E-state index contributed by atoms with van der Waals surface area (Å²) in [4.78, 5) is 12.3. The van der Waals surface area contributed by atoms with Gasteiger partial charge in [-0.2, -0.15) is 0 Å². The number of aliphatic hydroxyl groups is 1. The topological polar surface area (TPSA) is 55.8 Å². The van der Waals surface area contributed by atoms with Crippen LogP contribution >= 0.6 is 0 Å². The molecule has 4 nitrogen and oxygen atoms in total. The third-order valence-electron chi connectivity index (χ3n) is 3.84. The van der Waals surface area contributed by atoms with E-state index >= 15 is 0 Å². The Bertz CT molecular complexity index is 732. The highest BCUT2D eigenvalue weighted by Gasteiger charge is 2.23. The molecule has 0 aliphatic carbocycles. The van der Waals surface area contributed by atoms with Crippen LogP contribution in [0.4, 0.5) is 0 Å². The fraction of sp³-hybridized carbons (Fsp3) is 0.227. The second kappa shape index (κ2) is 10.1. The Hall–Kier alpha value is -3.01. The highest BCUT2D eigenvalue weighted by molar-refractivity contribution is 6.05. The maximum atomic E-state index is 12.3. The molecule has 0 spiro atoms. The molecule has 1 N–H and O–H groups in total. The number of carbonyl (C=O) groups excluding carboxylic acids is 1. The Morgan fingerprint density at radius 2 is 1.73 bits per heavy atom. The third kappa shape index (κ3) is 6.13. The van der Waals surface area contributed by atoms with Crippen molar-refractivity contribution in [3.8, 4) is 5.75 Å². The van der Waals surface area contributed by atoms with E-state index in [2.05, 4.69) is 6.58 Å². The lowest BCUT2D eigenvalue weighted by atomic mass is 9.81. The smallest absolute Gasteiger partial charge is 0.185 e. The molecule has 0 aromatic heterocycles. The molecular formula is C22H26O4. The summed E-state index contributed by atoms with van der Waals surface area (Å²) in [7, 11) is 3.07. The lowest BCUT2D eigenvalue weighted by Crippen LogP contribution is -2.17. The van der Waals surface area contributed by atoms with E-state index in [1.54, 1.807) is 61.8 Å². The summed E-state index contributed by atoms with van der Waals surface area (Å²) in [5, 5.41) is 10.1. The zero-order valence-electron chi connectivity index (χ0n) is 15.7. The normalized spacial score (nSPS) is 13.2. The number of benzene rings is 1. The molecule has 0 saturated heterocycles. The van der Waals surface area contributed by atoms with Crippen molar-refractivity contribution >= 4 is 11.5 Å². The van der Waals surface area contributed by atoms with Gasteiger partial charge in [0.15, 0.2) is 5.78 Å². The number of hydrogen-bond donors (Lipinski definition) is 1. The first-order valence-corrected chi connectivity index (χ1v) is 8.15. The Kier molecular flexibility index (Phi) is 8.16. The largest absolute Gasteiger partial charge is 0.507 e. The summed E-state index contributed by atoms with van der Waals surface area (Å²) >= 11 is 0. The molecule has 0 bridgehead atoms. The van der Waals surface area contributed by atoms with Crippen LogP contribution in [0, 0.1) is 5.41 Å². The van der Waals surface area contributed by atoms with E-state index in [1.807, 2.05) is 13.8 Å². The van der Waals surface area contributed by atoms with Gasteiger partial charge in [0.05, 0.1) is 20.5 Å². The van der Waals surface area contributed by atoms with Crippen molar-refractivity contribution in [2.24, 2.45) is 5.41 Å². The lowest BCUT2D eigenvalue weighted by molar-refractivity contribution is -0.112. The molecule has 138 valence electrons. The van der Waals surface area contributed by atoms with Crippen molar-refractivity contribution in [2.75, 3.05) is 14.2 Å². The number of allylic oxidation sites excluding steroid dienone is 7. The maximum absolute atomic E-state index is 12.3. The Balaban J connectivity index is 3.01. The van der Waals surface area contributed by atoms with Crippen LogP contribution in [0.3, 0.4) is 0 Å². The van der Waals surface area contributed by atoms with Gasteiger partial charge in [0, 0.05) is 22.6 Å². The fourth-order valence-electron chi connectivity index (χ4n) is 2.10. The van der Waals surface area contributed by atoms with Crippen molar-refractivity contribution in [3.05, 3.63) is 84.7 Å². The summed E-state index contributed by atoms with van der Waals surface area (Å²) in [6, 6.07) is 7.07. The predicted octanol–water partition coefficient (Wildman–Crippen LogP) is 5.02. The Morgan fingerprint density at radius 1 is 1.12 bits per heavy atom. The van der Waals surface area contributed by atoms with E-state index in [4.69, 9.17) is 9.47 Å². The van der Waals surface area contributed by atoms with E-state index in [9.17, 15) is 9.90 Å². The minimum absolute atomic E-state index is 0.118. The van der Waals surface area contributed by atoms with Crippen molar-refractivity contribution in [1.29, 1.82) is 0 Å². The summed E-state index contributed by atoms with van der Waals surface area (Å²) in [6.07, 6.45) is 11.1.